The van der Waals surface area contributed by atoms with Crippen molar-refractivity contribution in [2.75, 3.05) is 13.7 Å². The van der Waals surface area contributed by atoms with Gasteiger partial charge >= 0.3 is 12.0 Å². The van der Waals surface area contributed by atoms with Crippen LogP contribution in [0.5, 0.6) is 0 Å². The number of likely N-dealkylation sites (tertiary alicyclic amines) is 1. The van der Waals surface area contributed by atoms with Gasteiger partial charge in [0.1, 0.15) is 11.8 Å². The standard InChI is InChI=1S/C13H19N3O5/c1-3-8-5-14-11(21-8)6-15-13(19)16-7-9(20-2)4-10(16)12(17)18/h5,9-10H,3-4,6-7H2,1-2H3,(H,15,19)(H,17,18). The number of carbonyl (C=O) groups excluding carboxylic acids is 1. The molecule has 2 amide bonds. The molecular weight excluding hydrogens is 278 g/mol. The number of nitrogens with one attached hydrogen (secondary N) is 1. The molecule has 0 spiro atoms. The van der Waals surface area contributed by atoms with Crippen molar-refractivity contribution < 1.29 is 23.8 Å². The Bertz CT molecular complexity index is 516. The maximum absolute atomic E-state index is 12.1. The van der Waals surface area contributed by atoms with Gasteiger partial charge in [0.2, 0.25) is 5.89 Å². The molecule has 0 saturated carbocycles. The number of aryl methyl sites for hydroxylation is 1. The molecule has 2 atom stereocenters. The van der Waals surface area contributed by atoms with Crippen LogP contribution < -0.4 is 5.32 Å². The summed E-state index contributed by atoms with van der Waals surface area (Å²) in [6.45, 7) is 2.32. The summed E-state index contributed by atoms with van der Waals surface area (Å²) in [7, 11) is 1.50. The van der Waals surface area contributed by atoms with E-state index >= 15 is 0 Å². The number of carboxylic acid groups (broad SMARTS) is 1. The average molecular weight is 297 g/mol. The molecule has 2 rings (SSSR count). The molecule has 0 aliphatic carbocycles. The highest BCUT2D eigenvalue weighted by atomic mass is 16.5. The van der Waals surface area contributed by atoms with Crippen molar-refractivity contribution in [3.05, 3.63) is 17.8 Å². The van der Waals surface area contributed by atoms with E-state index in [1.807, 2.05) is 6.92 Å². The molecule has 0 radical (unpaired) electrons. The second-order valence-electron chi connectivity index (χ2n) is 4.83. The third-order valence-corrected chi connectivity index (χ3v) is 3.48. The van der Waals surface area contributed by atoms with E-state index in [9.17, 15) is 9.59 Å². The monoisotopic (exact) mass is 297 g/mol. The zero-order valence-electron chi connectivity index (χ0n) is 12.0. The van der Waals surface area contributed by atoms with Gasteiger partial charge < -0.3 is 24.5 Å². The molecule has 0 aromatic carbocycles. The van der Waals surface area contributed by atoms with Gasteiger partial charge in [-0.25, -0.2) is 14.6 Å². The second-order valence-corrected chi connectivity index (χ2v) is 4.83. The van der Waals surface area contributed by atoms with Gasteiger partial charge in [0.05, 0.1) is 18.8 Å². The molecule has 1 aliphatic rings. The molecule has 2 unspecified atom stereocenters. The molecular formula is C13H19N3O5. The van der Waals surface area contributed by atoms with Crippen molar-refractivity contribution in [2.45, 2.75) is 38.5 Å². The molecule has 0 bridgehead atoms. The fraction of sp³-hybridized carbons (Fsp3) is 0.615. The third kappa shape index (κ3) is 3.52. The lowest BCUT2D eigenvalue weighted by Gasteiger charge is -2.21. The minimum atomic E-state index is -1.03. The van der Waals surface area contributed by atoms with Gasteiger partial charge in [-0.2, -0.15) is 0 Å². The van der Waals surface area contributed by atoms with Crippen LogP contribution in [-0.4, -0.2) is 52.8 Å². The van der Waals surface area contributed by atoms with Crippen molar-refractivity contribution in [3.8, 4) is 0 Å². The Hall–Kier alpha value is -2.09. The summed E-state index contributed by atoms with van der Waals surface area (Å²) in [5, 5.41) is 11.8. The maximum Gasteiger partial charge on any atom is 0.326 e. The van der Waals surface area contributed by atoms with Crippen LogP contribution in [-0.2, 0) is 22.5 Å². The van der Waals surface area contributed by atoms with Crippen LogP contribution in [0.15, 0.2) is 10.6 Å². The van der Waals surface area contributed by atoms with Gasteiger partial charge in [0.25, 0.3) is 0 Å². The summed E-state index contributed by atoms with van der Waals surface area (Å²) >= 11 is 0. The first-order valence-corrected chi connectivity index (χ1v) is 6.78. The highest BCUT2D eigenvalue weighted by Crippen LogP contribution is 2.20. The minimum absolute atomic E-state index is 0.124. The lowest BCUT2D eigenvalue weighted by molar-refractivity contribution is -0.141. The van der Waals surface area contributed by atoms with Crippen molar-refractivity contribution in [2.24, 2.45) is 0 Å². The number of hydrogen-bond acceptors (Lipinski definition) is 5. The molecule has 2 heterocycles. The molecule has 116 valence electrons. The summed E-state index contributed by atoms with van der Waals surface area (Å²) in [4.78, 5) is 28.6. The number of aliphatic carboxylic acids is 1. The van der Waals surface area contributed by atoms with E-state index in [2.05, 4.69) is 10.3 Å². The fourth-order valence-electron chi connectivity index (χ4n) is 2.27. The highest BCUT2D eigenvalue weighted by molar-refractivity contribution is 5.83. The first-order valence-electron chi connectivity index (χ1n) is 6.78. The van der Waals surface area contributed by atoms with Crippen LogP contribution in [0.1, 0.15) is 25.0 Å². The Labute approximate surface area is 122 Å². The van der Waals surface area contributed by atoms with E-state index in [-0.39, 0.29) is 25.6 Å². The number of oxazole rings is 1. The Morgan fingerprint density at radius 3 is 2.95 bits per heavy atom. The minimum Gasteiger partial charge on any atom is -0.480 e. The van der Waals surface area contributed by atoms with Crippen molar-refractivity contribution in [1.29, 1.82) is 0 Å². The number of hydrogen-bond donors (Lipinski definition) is 2. The summed E-state index contributed by atoms with van der Waals surface area (Å²) in [6, 6.07) is -1.33. The normalized spacial score (nSPS) is 21.5. The van der Waals surface area contributed by atoms with Gasteiger partial charge in [0.15, 0.2) is 0 Å². The van der Waals surface area contributed by atoms with E-state index in [1.165, 1.54) is 12.0 Å². The van der Waals surface area contributed by atoms with E-state index in [0.717, 1.165) is 12.2 Å². The Kier molecular flexibility index (Phi) is 4.79. The van der Waals surface area contributed by atoms with Crippen LogP contribution in [0.25, 0.3) is 0 Å². The van der Waals surface area contributed by atoms with Gasteiger partial charge in [-0.1, -0.05) is 6.92 Å². The van der Waals surface area contributed by atoms with Crippen molar-refractivity contribution >= 4 is 12.0 Å². The molecule has 1 aromatic heterocycles. The Morgan fingerprint density at radius 2 is 2.38 bits per heavy atom. The summed E-state index contributed by atoms with van der Waals surface area (Å²) < 4.78 is 10.5. The van der Waals surface area contributed by atoms with Crippen LogP contribution in [0.3, 0.4) is 0 Å². The van der Waals surface area contributed by atoms with Gasteiger partial charge in [-0.3, -0.25) is 0 Å². The van der Waals surface area contributed by atoms with E-state index in [0.29, 0.717) is 5.89 Å². The molecule has 8 heteroatoms. The summed E-state index contributed by atoms with van der Waals surface area (Å²) in [6.07, 6.45) is 2.37. The van der Waals surface area contributed by atoms with E-state index in [1.54, 1.807) is 6.20 Å². The van der Waals surface area contributed by atoms with Crippen LogP contribution in [0.4, 0.5) is 4.79 Å². The predicted molar refractivity (Wildman–Crippen MR) is 71.7 cm³/mol. The average Bonchev–Trinajstić information content (AvgIpc) is 3.11. The number of urea groups is 1. The van der Waals surface area contributed by atoms with Gasteiger partial charge in [0, 0.05) is 26.5 Å². The number of carboxylic acids is 1. The number of aromatic nitrogens is 1. The van der Waals surface area contributed by atoms with E-state index < -0.39 is 18.0 Å². The smallest absolute Gasteiger partial charge is 0.326 e. The molecule has 1 saturated heterocycles. The number of carbonyl (C=O) groups is 2. The zero-order chi connectivity index (χ0) is 15.4. The summed E-state index contributed by atoms with van der Waals surface area (Å²) in [5.41, 5.74) is 0. The Balaban J connectivity index is 1.93. The fourth-order valence-corrected chi connectivity index (χ4v) is 2.27. The van der Waals surface area contributed by atoms with Crippen LogP contribution in [0, 0.1) is 0 Å². The zero-order valence-corrected chi connectivity index (χ0v) is 12.0. The number of nitrogens with zero attached hydrogens (tertiary/aromatic N) is 2. The van der Waals surface area contributed by atoms with Gasteiger partial charge in [-0.15, -0.1) is 0 Å². The van der Waals surface area contributed by atoms with Crippen molar-refractivity contribution in [1.82, 2.24) is 15.2 Å². The molecule has 2 N–H and O–H groups in total. The lowest BCUT2D eigenvalue weighted by Crippen LogP contribution is -2.46. The first kappa shape index (κ1) is 15.3. The Morgan fingerprint density at radius 1 is 1.62 bits per heavy atom. The molecule has 1 fully saturated rings. The number of methoxy groups -OCH3 is 1. The number of rotatable bonds is 5. The second kappa shape index (κ2) is 6.57. The van der Waals surface area contributed by atoms with Gasteiger partial charge in [-0.05, 0) is 0 Å². The number of amides is 2. The molecule has 1 aliphatic heterocycles. The van der Waals surface area contributed by atoms with Crippen LogP contribution in [0.2, 0.25) is 0 Å². The molecule has 8 nitrogen and oxygen atoms in total. The predicted octanol–water partition coefficient (Wildman–Crippen LogP) is 0.620. The molecule has 1 aromatic rings. The first-order chi connectivity index (χ1) is 10.0. The third-order valence-electron chi connectivity index (χ3n) is 3.48. The maximum atomic E-state index is 12.1. The van der Waals surface area contributed by atoms with Crippen LogP contribution >= 0.6 is 0 Å². The van der Waals surface area contributed by atoms with Crippen molar-refractivity contribution in [3.63, 3.8) is 0 Å². The molecule has 21 heavy (non-hydrogen) atoms. The largest absolute Gasteiger partial charge is 0.480 e. The summed E-state index contributed by atoms with van der Waals surface area (Å²) in [5.74, 6) is 0.104. The lowest BCUT2D eigenvalue weighted by atomic mass is 10.2. The van der Waals surface area contributed by atoms with E-state index in [4.69, 9.17) is 14.3 Å². The highest BCUT2D eigenvalue weighted by Gasteiger charge is 2.39. The SMILES string of the molecule is CCc1cnc(CNC(=O)N2CC(OC)CC2C(=O)O)o1. The topological polar surface area (TPSA) is 105 Å². The quantitative estimate of drug-likeness (QED) is 0.825. The number of ether oxygens (including phenoxy) is 1.